The molecule has 1 atom stereocenters. The molecule has 2 rings (SSSR count). The summed E-state index contributed by atoms with van der Waals surface area (Å²) in [6.45, 7) is 6.45. The molecule has 2 aromatic rings. The first-order chi connectivity index (χ1) is 12.8. The lowest BCUT2D eigenvalue weighted by Gasteiger charge is -2.23. The van der Waals surface area contributed by atoms with Gasteiger partial charge in [-0.25, -0.2) is 0 Å². The van der Waals surface area contributed by atoms with Gasteiger partial charge in [-0.3, -0.25) is 9.59 Å². The number of carbonyl (C=O) groups excluding carboxylic acids is 2. The van der Waals surface area contributed by atoms with Crippen LogP contribution in [0.15, 0.2) is 54.6 Å². The Bertz CT molecular complexity index is 742. The Labute approximate surface area is 161 Å². The number of amides is 2. The minimum atomic E-state index is -0.347. The van der Waals surface area contributed by atoms with Gasteiger partial charge in [0, 0.05) is 31.4 Å². The maximum atomic E-state index is 12.6. The number of nitrogens with one attached hydrogen (secondary N) is 2. The highest BCUT2D eigenvalue weighted by Crippen LogP contribution is 2.16. The van der Waals surface area contributed by atoms with Gasteiger partial charge in [-0.05, 0) is 42.7 Å². The van der Waals surface area contributed by atoms with Crippen LogP contribution in [0, 0.1) is 5.92 Å². The minimum Gasteiger partial charge on any atom is -0.374 e. The van der Waals surface area contributed by atoms with Crippen LogP contribution in [-0.2, 0) is 16.1 Å². The van der Waals surface area contributed by atoms with E-state index >= 15 is 0 Å². The summed E-state index contributed by atoms with van der Waals surface area (Å²) in [5, 5.41) is 6.10. The van der Waals surface area contributed by atoms with Crippen molar-refractivity contribution in [2.75, 3.05) is 17.7 Å². The second kappa shape index (κ2) is 9.76. The maximum absolute atomic E-state index is 12.6. The molecular formula is C22H29N3O2. The van der Waals surface area contributed by atoms with Gasteiger partial charge >= 0.3 is 0 Å². The van der Waals surface area contributed by atoms with Crippen LogP contribution in [0.5, 0.6) is 0 Å². The summed E-state index contributed by atoms with van der Waals surface area (Å²) in [4.78, 5) is 26.1. The van der Waals surface area contributed by atoms with Crippen molar-refractivity contribution in [3.8, 4) is 0 Å². The number of likely N-dealkylation sites (N-methyl/N-ethyl adjacent to an activating group) is 1. The van der Waals surface area contributed by atoms with Crippen LogP contribution in [0.25, 0.3) is 0 Å². The lowest BCUT2D eigenvalue weighted by Crippen LogP contribution is -2.38. The van der Waals surface area contributed by atoms with E-state index in [0.717, 1.165) is 16.9 Å². The van der Waals surface area contributed by atoms with Gasteiger partial charge in [0.15, 0.2) is 0 Å². The highest BCUT2D eigenvalue weighted by atomic mass is 16.2. The molecule has 0 aromatic heterocycles. The molecule has 0 radical (unpaired) electrons. The van der Waals surface area contributed by atoms with Crippen molar-refractivity contribution in [1.29, 1.82) is 0 Å². The average molecular weight is 367 g/mol. The zero-order valence-corrected chi connectivity index (χ0v) is 16.5. The van der Waals surface area contributed by atoms with E-state index < -0.39 is 0 Å². The summed E-state index contributed by atoms with van der Waals surface area (Å²) >= 11 is 0. The molecule has 0 aliphatic rings. The van der Waals surface area contributed by atoms with E-state index in [9.17, 15) is 9.59 Å². The highest BCUT2D eigenvalue weighted by molar-refractivity contribution is 5.91. The summed E-state index contributed by atoms with van der Waals surface area (Å²) in [5.74, 6) is 0.357. The lowest BCUT2D eigenvalue weighted by atomic mass is 10.1. The van der Waals surface area contributed by atoms with E-state index in [4.69, 9.17) is 0 Å². The normalized spacial score (nSPS) is 11.7. The SMILES string of the molecule is CC(C)CC(=O)Nc1ccc(NC(C)C(=O)N(C)Cc2ccccc2)cc1. The third-order valence-corrected chi connectivity index (χ3v) is 4.15. The third-order valence-electron chi connectivity index (χ3n) is 4.15. The van der Waals surface area contributed by atoms with Gasteiger partial charge in [0.1, 0.15) is 6.04 Å². The molecule has 2 amide bonds. The largest absolute Gasteiger partial charge is 0.374 e. The predicted molar refractivity (Wildman–Crippen MR) is 111 cm³/mol. The topological polar surface area (TPSA) is 61.4 Å². The van der Waals surface area contributed by atoms with Crippen molar-refractivity contribution < 1.29 is 9.59 Å². The number of nitrogens with zero attached hydrogens (tertiary/aromatic N) is 1. The summed E-state index contributed by atoms with van der Waals surface area (Å²) in [5.41, 5.74) is 2.69. The quantitative estimate of drug-likeness (QED) is 0.737. The smallest absolute Gasteiger partial charge is 0.244 e. The molecule has 144 valence electrons. The van der Waals surface area contributed by atoms with Crippen molar-refractivity contribution in [3.63, 3.8) is 0 Å². The van der Waals surface area contributed by atoms with E-state index in [0.29, 0.717) is 18.9 Å². The van der Waals surface area contributed by atoms with E-state index in [-0.39, 0.29) is 17.9 Å². The number of anilines is 2. The Morgan fingerprint density at radius 2 is 1.52 bits per heavy atom. The summed E-state index contributed by atoms with van der Waals surface area (Å²) in [7, 11) is 1.81. The Kier molecular flexibility index (Phi) is 7.41. The fraction of sp³-hybridized carbons (Fsp3) is 0.364. The fourth-order valence-corrected chi connectivity index (χ4v) is 2.81. The minimum absolute atomic E-state index is 0.0109. The molecule has 0 heterocycles. The number of benzene rings is 2. The third kappa shape index (κ3) is 6.77. The number of hydrogen-bond donors (Lipinski definition) is 2. The van der Waals surface area contributed by atoms with Crippen LogP contribution in [0.4, 0.5) is 11.4 Å². The number of hydrogen-bond acceptors (Lipinski definition) is 3. The van der Waals surface area contributed by atoms with Gasteiger partial charge in [0.2, 0.25) is 11.8 Å². The molecular weight excluding hydrogens is 338 g/mol. The number of carbonyl (C=O) groups is 2. The zero-order chi connectivity index (χ0) is 19.8. The van der Waals surface area contributed by atoms with Crippen LogP contribution in [-0.4, -0.2) is 29.8 Å². The molecule has 0 bridgehead atoms. The Balaban J connectivity index is 1.88. The van der Waals surface area contributed by atoms with E-state index in [1.807, 2.05) is 75.4 Å². The van der Waals surface area contributed by atoms with Crippen molar-refractivity contribution in [2.24, 2.45) is 5.92 Å². The Morgan fingerprint density at radius 3 is 2.11 bits per heavy atom. The van der Waals surface area contributed by atoms with Crippen LogP contribution >= 0.6 is 0 Å². The summed E-state index contributed by atoms with van der Waals surface area (Å²) < 4.78 is 0. The van der Waals surface area contributed by atoms with Crippen molar-refractivity contribution >= 4 is 23.2 Å². The van der Waals surface area contributed by atoms with Gasteiger partial charge in [-0.2, -0.15) is 0 Å². The van der Waals surface area contributed by atoms with Crippen molar-refractivity contribution in [2.45, 2.75) is 39.8 Å². The van der Waals surface area contributed by atoms with Gasteiger partial charge in [0.05, 0.1) is 0 Å². The number of rotatable bonds is 8. The zero-order valence-electron chi connectivity index (χ0n) is 16.5. The fourth-order valence-electron chi connectivity index (χ4n) is 2.81. The van der Waals surface area contributed by atoms with E-state index in [2.05, 4.69) is 10.6 Å². The van der Waals surface area contributed by atoms with Gasteiger partial charge in [-0.1, -0.05) is 44.2 Å². The molecule has 0 spiro atoms. The van der Waals surface area contributed by atoms with E-state index in [1.54, 1.807) is 11.9 Å². The van der Waals surface area contributed by atoms with Crippen LogP contribution < -0.4 is 10.6 Å². The molecule has 2 N–H and O–H groups in total. The van der Waals surface area contributed by atoms with Crippen LogP contribution in [0.1, 0.15) is 32.8 Å². The Morgan fingerprint density at radius 1 is 0.926 bits per heavy atom. The lowest BCUT2D eigenvalue weighted by molar-refractivity contribution is -0.130. The van der Waals surface area contributed by atoms with Crippen LogP contribution in [0.2, 0.25) is 0 Å². The van der Waals surface area contributed by atoms with Crippen LogP contribution in [0.3, 0.4) is 0 Å². The monoisotopic (exact) mass is 367 g/mol. The first-order valence-corrected chi connectivity index (χ1v) is 9.30. The first-order valence-electron chi connectivity index (χ1n) is 9.30. The van der Waals surface area contributed by atoms with Crippen molar-refractivity contribution in [1.82, 2.24) is 4.90 Å². The average Bonchev–Trinajstić information content (AvgIpc) is 2.62. The molecule has 0 saturated heterocycles. The molecule has 27 heavy (non-hydrogen) atoms. The highest BCUT2D eigenvalue weighted by Gasteiger charge is 2.17. The predicted octanol–water partition coefficient (Wildman–Crippen LogP) is 4.13. The molecule has 2 aromatic carbocycles. The van der Waals surface area contributed by atoms with Gasteiger partial charge in [0.25, 0.3) is 0 Å². The summed E-state index contributed by atoms with van der Waals surface area (Å²) in [6.07, 6.45) is 0.499. The summed E-state index contributed by atoms with van der Waals surface area (Å²) in [6, 6.07) is 17.0. The standard InChI is InChI=1S/C22H29N3O2/c1-16(2)14-21(26)24-20-12-10-19(11-13-20)23-17(3)22(27)25(4)15-18-8-6-5-7-9-18/h5-13,16-17,23H,14-15H2,1-4H3,(H,24,26). The van der Waals surface area contributed by atoms with Gasteiger partial charge < -0.3 is 15.5 Å². The molecule has 5 heteroatoms. The molecule has 1 unspecified atom stereocenters. The molecule has 0 aliphatic heterocycles. The second-order valence-corrected chi connectivity index (χ2v) is 7.27. The maximum Gasteiger partial charge on any atom is 0.244 e. The van der Waals surface area contributed by atoms with Crippen molar-refractivity contribution in [3.05, 3.63) is 60.2 Å². The second-order valence-electron chi connectivity index (χ2n) is 7.27. The first kappa shape index (κ1) is 20.5. The Hall–Kier alpha value is -2.82. The molecule has 0 saturated carbocycles. The molecule has 0 aliphatic carbocycles. The van der Waals surface area contributed by atoms with Gasteiger partial charge in [-0.15, -0.1) is 0 Å². The molecule has 5 nitrogen and oxygen atoms in total. The molecule has 0 fully saturated rings. The van der Waals surface area contributed by atoms with E-state index in [1.165, 1.54) is 0 Å².